The van der Waals surface area contributed by atoms with Crippen LogP contribution in [0.4, 0.5) is 19.4 Å². The molecule has 0 saturated carbocycles. The first-order valence-corrected chi connectivity index (χ1v) is 10.4. The van der Waals surface area contributed by atoms with Gasteiger partial charge in [0.25, 0.3) is 0 Å². The highest BCUT2D eigenvalue weighted by molar-refractivity contribution is 5.90. The molecule has 7 nitrogen and oxygen atoms in total. The van der Waals surface area contributed by atoms with Crippen LogP contribution >= 0.6 is 0 Å². The molecule has 9 heteroatoms. The predicted octanol–water partition coefficient (Wildman–Crippen LogP) is 5.40. The Kier molecular flexibility index (Phi) is 7.65. The van der Waals surface area contributed by atoms with Crippen molar-refractivity contribution in [3.05, 3.63) is 65.9 Å². The van der Waals surface area contributed by atoms with E-state index in [0.717, 1.165) is 5.56 Å². The molecule has 33 heavy (non-hydrogen) atoms. The summed E-state index contributed by atoms with van der Waals surface area (Å²) in [4.78, 5) is 12.3. The van der Waals surface area contributed by atoms with Crippen LogP contribution in [0.2, 0.25) is 0 Å². The van der Waals surface area contributed by atoms with E-state index in [2.05, 4.69) is 10.4 Å². The van der Waals surface area contributed by atoms with Crippen LogP contribution in [0.5, 0.6) is 5.75 Å². The third-order valence-corrected chi connectivity index (χ3v) is 4.48. The van der Waals surface area contributed by atoms with Gasteiger partial charge in [0, 0.05) is 24.4 Å². The van der Waals surface area contributed by atoms with E-state index < -0.39 is 23.3 Å². The SMILES string of the molecule is COCCn1cc(-c2ccc(OCc3ccccc3)c(F)c2F)c(NC(=O)OC(C)(C)C)n1. The normalized spacial score (nSPS) is 11.3. The first kappa shape index (κ1) is 24.2. The number of nitrogens with one attached hydrogen (secondary N) is 1. The largest absolute Gasteiger partial charge is 0.486 e. The van der Waals surface area contributed by atoms with Crippen LogP contribution in [0.3, 0.4) is 0 Å². The molecule has 176 valence electrons. The number of amides is 1. The molecule has 2 aromatic carbocycles. The Hall–Kier alpha value is -3.46. The van der Waals surface area contributed by atoms with Crippen molar-refractivity contribution >= 4 is 11.9 Å². The minimum absolute atomic E-state index is 0.0385. The van der Waals surface area contributed by atoms with Gasteiger partial charge in [0.2, 0.25) is 5.82 Å². The summed E-state index contributed by atoms with van der Waals surface area (Å²) >= 11 is 0. The maximum atomic E-state index is 15.1. The van der Waals surface area contributed by atoms with Gasteiger partial charge >= 0.3 is 6.09 Å². The number of benzene rings is 2. The number of aromatic nitrogens is 2. The van der Waals surface area contributed by atoms with Crippen molar-refractivity contribution in [2.24, 2.45) is 0 Å². The maximum absolute atomic E-state index is 15.1. The summed E-state index contributed by atoms with van der Waals surface area (Å²) in [5, 5.41) is 6.78. The standard InChI is InChI=1S/C24H27F2N3O4/c1-24(2,3)33-23(30)27-22-18(14-29(28-22)12-13-31-4)17-10-11-19(21(26)20(17)25)32-15-16-8-6-5-7-9-16/h5-11,14H,12-13,15H2,1-4H3,(H,27,28,30). The van der Waals surface area contributed by atoms with Crippen LogP contribution in [0.15, 0.2) is 48.7 Å². The second-order valence-electron chi connectivity index (χ2n) is 8.29. The van der Waals surface area contributed by atoms with Gasteiger partial charge in [0.05, 0.1) is 13.2 Å². The Morgan fingerprint density at radius 1 is 1.06 bits per heavy atom. The van der Waals surface area contributed by atoms with E-state index in [4.69, 9.17) is 14.2 Å². The van der Waals surface area contributed by atoms with Gasteiger partial charge in [-0.05, 0) is 38.5 Å². The number of carbonyl (C=O) groups excluding carboxylic acids is 1. The van der Waals surface area contributed by atoms with Gasteiger partial charge in [0.15, 0.2) is 17.4 Å². The van der Waals surface area contributed by atoms with Crippen LogP contribution in [0.1, 0.15) is 26.3 Å². The van der Waals surface area contributed by atoms with Gasteiger partial charge < -0.3 is 14.2 Å². The highest BCUT2D eigenvalue weighted by Gasteiger charge is 2.23. The second kappa shape index (κ2) is 10.4. The van der Waals surface area contributed by atoms with Crippen LogP contribution in [0.25, 0.3) is 11.1 Å². The number of halogens is 2. The average Bonchev–Trinajstić information content (AvgIpc) is 3.14. The number of hydrogen-bond acceptors (Lipinski definition) is 5. The van der Waals surface area contributed by atoms with Crippen molar-refractivity contribution in [1.82, 2.24) is 9.78 Å². The molecule has 1 N–H and O–H groups in total. The van der Waals surface area contributed by atoms with E-state index in [0.29, 0.717) is 13.2 Å². The smallest absolute Gasteiger partial charge is 0.413 e. The van der Waals surface area contributed by atoms with Gasteiger partial charge in [-0.3, -0.25) is 10.00 Å². The van der Waals surface area contributed by atoms with Crippen LogP contribution in [-0.4, -0.2) is 35.2 Å². The molecule has 1 heterocycles. The molecule has 0 aliphatic heterocycles. The molecule has 3 aromatic rings. The zero-order chi connectivity index (χ0) is 24.0. The molecule has 0 fully saturated rings. The van der Waals surface area contributed by atoms with E-state index in [-0.39, 0.29) is 29.3 Å². The van der Waals surface area contributed by atoms with Crippen molar-refractivity contribution in [2.45, 2.75) is 39.5 Å². The van der Waals surface area contributed by atoms with Crippen molar-refractivity contribution in [3.63, 3.8) is 0 Å². The predicted molar refractivity (Wildman–Crippen MR) is 120 cm³/mol. The molecule has 1 amide bonds. The lowest BCUT2D eigenvalue weighted by molar-refractivity contribution is 0.0635. The lowest BCUT2D eigenvalue weighted by atomic mass is 10.1. The van der Waals surface area contributed by atoms with Crippen LogP contribution in [-0.2, 0) is 22.6 Å². The minimum Gasteiger partial charge on any atom is -0.486 e. The van der Waals surface area contributed by atoms with Gasteiger partial charge in [-0.15, -0.1) is 0 Å². The second-order valence-corrected chi connectivity index (χ2v) is 8.29. The Balaban J connectivity index is 1.89. The summed E-state index contributed by atoms with van der Waals surface area (Å²) in [5.74, 6) is -2.42. The number of rotatable bonds is 8. The Morgan fingerprint density at radius 3 is 2.45 bits per heavy atom. The van der Waals surface area contributed by atoms with Crippen molar-refractivity contribution in [1.29, 1.82) is 0 Å². The molecule has 0 bridgehead atoms. The third kappa shape index (κ3) is 6.52. The molecular weight excluding hydrogens is 432 g/mol. The molecule has 0 atom stereocenters. The summed E-state index contributed by atoms with van der Waals surface area (Å²) in [5.41, 5.74) is 0.208. The quantitative estimate of drug-likeness (QED) is 0.488. The maximum Gasteiger partial charge on any atom is 0.413 e. The van der Waals surface area contributed by atoms with E-state index in [1.165, 1.54) is 30.1 Å². The van der Waals surface area contributed by atoms with Crippen LogP contribution in [0, 0.1) is 11.6 Å². The highest BCUT2D eigenvalue weighted by Crippen LogP contribution is 2.34. The van der Waals surface area contributed by atoms with E-state index >= 15 is 4.39 Å². The number of anilines is 1. The fourth-order valence-corrected chi connectivity index (χ4v) is 3.00. The molecule has 0 spiro atoms. The van der Waals surface area contributed by atoms with Gasteiger partial charge in [-0.25, -0.2) is 9.18 Å². The first-order chi connectivity index (χ1) is 15.7. The summed E-state index contributed by atoms with van der Waals surface area (Å²) < 4.78 is 47.1. The number of ether oxygens (including phenoxy) is 3. The zero-order valence-electron chi connectivity index (χ0n) is 19.0. The topological polar surface area (TPSA) is 74.6 Å². The number of hydrogen-bond donors (Lipinski definition) is 1. The minimum atomic E-state index is -1.13. The molecule has 1 aromatic heterocycles. The zero-order valence-corrected chi connectivity index (χ0v) is 19.0. The van der Waals surface area contributed by atoms with Crippen molar-refractivity contribution < 1.29 is 27.8 Å². The molecular formula is C24H27F2N3O4. The summed E-state index contributed by atoms with van der Waals surface area (Å²) in [6.45, 7) is 5.94. The first-order valence-electron chi connectivity index (χ1n) is 10.4. The fourth-order valence-electron chi connectivity index (χ4n) is 3.00. The lowest BCUT2D eigenvalue weighted by Crippen LogP contribution is -2.27. The molecule has 0 saturated heterocycles. The van der Waals surface area contributed by atoms with Gasteiger partial charge in [0.1, 0.15) is 12.2 Å². The molecule has 0 unspecified atom stereocenters. The van der Waals surface area contributed by atoms with Gasteiger partial charge in [-0.2, -0.15) is 9.49 Å². The van der Waals surface area contributed by atoms with Crippen LogP contribution < -0.4 is 10.1 Å². The van der Waals surface area contributed by atoms with E-state index in [1.807, 2.05) is 30.3 Å². The Labute approximate surface area is 191 Å². The molecule has 0 aliphatic rings. The summed E-state index contributed by atoms with van der Waals surface area (Å²) in [6.07, 6.45) is 0.748. The average molecular weight is 459 g/mol. The van der Waals surface area contributed by atoms with E-state index in [1.54, 1.807) is 20.8 Å². The summed E-state index contributed by atoms with van der Waals surface area (Å²) in [6, 6.07) is 11.9. The summed E-state index contributed by atoms with van der Waals surface area (Å²) in [7, 11) is 1.54. The fraction of sp³-hybridized carbons (Fsp3) is 0.333. The third-order valence-electron chi connectivity index (χ3n) is 4.48. The number of nitrogens with zero attached hydrogens (tertiary/aromatic N) is 2. The lowest BCUT2D eigenvalue weighted by Gasteiger charge is -2.19. The number of carbonyl (C=O) groups is 1. The molecule has 0 aliphatic carbocycles. The van der Waals surface area contributed by atoms with E-state index in [9.17, 15) is 9.18 Å². The molecule has 3 rings (SSSR count). The van der Waals surface area contributed by atoms with Gasteiger partial charge in [-0.1, -0.05) is 30.3 Å². The Morgan fingerprint density at radius 2 is 1.79 bits per heavy atom. The monoisotopic (exact) mass is 459 g/mol. The number of methoxy groups -OCH3 is 1. The Bertz CT molecular complexity index is 1100. The highest BCUT2D eigenvalue weighted by atomic mass is 19.2. The van der Waals surface area contributed by atoms with Crippen molar-refractivity contribution in [3.8, 4) is 16.9 Å². The van der Waals surface area contributed by atoms with Crippen molar-refractivity contribution in [2.75, 3.05) is 19.0 Å². The molecule has 0 radical (unpaired) electrons.